The molecule has 1 heterocycles. The third kappa shape index (κ3) is 8.51. The summed E-state index contributed by atoms with van der Waals surface area (Å²) in [5, 5.41) is 12.6. The molecule has 0 aliphatic heterocycles. The first-order valence-corrected chi connectivity index (χ1v) is 10.0. The van der Waals surface area contributed by atoms with Crippen LogP contribution in [0.1, 0.15) is 69.0 Å². The zero-order chi connectivity index (χ0) is 22.5. The minimum Gasteiger partial charge on any atom is -0.507 e. The molecule has 0 aliphatic carbocycles. The molecule has 2 N–H and O–H groups in total. The average Bonchev–Trinajstić information content (AvgIpc) is 2.71. The number of ketones is 1. The second-order valence-electron chi connectivity index (χ2n) is 6.99. The van der Waals surface area contributed by atoms with Gasteiger partial charge in [-0.15, -0.1) is 0 Å². The van der Waals surface area contributed by atoms with E-state index in [0.717, 1.165) is 24.8 Å². The minimum atomic E-state index is -0.850. The van der Waals surface area contributed by atoms with Crippen molar-refractivity contribution in [3.05, 3.63) is 63.4 Å². The molecule has 0 atom stereocenters. The van der Waals surface area contributed by atoms with E-state index in [2.05, 4.69) is 17.0 Å². The van der Waals surface area contributed by atoms with E-state index < -0.39 is 17.5 Å². The molecule has 0 aromatic carbocycles. The number of ether oxygens (including phenoxy) is 1. The number of hydrogen-bond donors (Lipinski definition) is 2. The third-order valence-corrected chi connectivity index (χ3v) is 4.41. The first-order chi connectivity index (χ1) is 14.3. The van der Waals surface area contributed by atoms with Gasteiger partial charge in [-0.1, -0.05) is 37.1 Å². The van der Waals surface area contributed by atoms with Crippen molar-refractivity contribution in [2.24, 2.45) is 0 Å². The summed E-state index contributed by atoms with van der Waals surface area (Å²) in [5.74, 6) is -0.641. The van der Waals surface area contributed by atoms with Gasteiger partial charge < -0.3 is 14.3 Å². The number of unbranched alkanes of at least 4 members (excludes halogenated alkanes) is 2. The highest BCUT2D eigenvalue weighted by Crippen LogP contribution is 2.20. The molecule has 0 fully saturated rings. The van der Waals surface area contributed by atoms with Crippen LogP contribution in [0.2, 0.25) is 0 Å². The van der Waals surface area contributed by atoms with E-state index in [0.29, 0.717) is 30.6 Å². The molecular formula is C23H31NO6. The van der Waals surface area contributed by atoms with E-state index in [1.54, 1.807) is 19.1 Å². The van der Waals surface area contributed by atoms with Crippen molar-refractivity contribution in [2.45, 2.75) is 59.3 Å². The standard InChI is InChI=1S/C23H31NO6/c1-5-6-10-16(2)12-13-17(3)21(26)20-19(25)15-18(30-22(20)27)11-8-7-9-14-24-23(28)29-4/h9,12-15,25H,5-8,10-11H2,1-4H3,(H,24,28)/b14-9+,16-12-,17-13+. The Morgan fingerprint density at radius 3 is 2.60 bits per heavy atom. The maximum absolute atomic E-state index is 12.6. The van der Waals surface area contributed by atoms with Crippen molar-refractivity contribution in [1.29, 1.82) is 0 Å². The Balaban J connectivity index is 2.77. The van der Waals surface area contributed by atoms with Crippen LogP contribution in [-0.4, -0.2) is 24.1 Å². The number of Topliss-reactive ketones (excluding diaryl/α,β-unsaturated/α-hetero) is 1. The molecule has 7 heteroatoms. The molecule has 164 valence electrons. The molecule has 0 aliphatic rings. The van der Waals surface area contributed by atoms with Crippen LogP contribution in [0.15, 0.2) is 50.9 Å². The second kappa shape index (κ2) is 13.2. The summed E-state index contributed by atoms with van der Waals surface area (Å²) in [7, 11) is 1.27. The Labute approximate surface area is 177 Å². The summed E-state index contributed by atoms with van der Waals surface area (Å²) in [6.45, 7) is 5.71. The van der Waals surface area contributed by atoms with Crippen molar-refractivity contribution in [3.63, 3.8) is 0 Å². The molecule has 0 unspecified atom stereocenters. The van der Waals surface area contributed by atoms with Crippen molar-refractivity contribution >= 4 is 11.9 Å². The smallest absolute Gasteiger partial charge is 0.410 e. The Bertz CT molecular complexity index is 876. The number of hydrogen-bond acceptors (Lipinski definition) is 6. The monoisotopic (exact) mass is 417 g/mol. The van der Waals surface area contributed by atoms with Gasteiger partial charge in [0.25, 0.3) is 0 Å². The lowest BCUT2D eigenvalue weighted by Crippen LogP contribution is -2.16. The molecule has 1 amide bonds. The van der Waals surface area contributed by atoms with Gasteiger partial charge in [-0.2, -0.15) is 0 Å². The topological polar surface area (TPSA) is 106 Å². The largest absolute Gasteiger partial charge is 0.507 e. The van der Waals surface area contributed by atoms with Gasteiger partial charge >= 0.3 is 11.7 Å². The molecule has 30 heavy (non-hydrogen) atoms. The van der Waals surface area contributed by atoms with Gasteiger partial charge in [0.1, 0.15) is 17.1 Å². The zero-order valence-corrected chi connectivity index (χ0v) is 18.1. The molecule has 0 saturated carbocycles. The van der Waals surface area contributed by atoms with Gasteiger partial charge in [0.15, 0.2) is 5.78 Å². The van der Waals surface area contributed by atoms with E-state index >= 15 is 0 Å². The van der Waals surface area contributed by atoms with Crippen LogP contribution >= 0.6 is 0 Å². The quantitative estimate of drug-likeness (QED) is 0.232. The number of carbonyl (C=O) groups is 2. The van der Waals surface area contributed by atoms with E-state index in [1.807, 2.05) is 13.0 Å². The second-order valence-corrected chi connectivity index (χ2v) is 6.99. The maximum atomic E-state index is 12.6. The van der Waals surface area contributed by atoms with Gasteiger partial charge in [-0.05, 0) is 45.1 Å². The first-order valence-electron chi connectivity index (χ1n) is 10.0. The fraction of sp³-hybridized carbons (Fsp3) is 0.435. The Kier molecular flexibility index (Phi) is 11.0. The third-order valence-electron chi connectivity index (χ3n) is 4.41. The average molecular weight is 418 g/mol. The summed E-state index contributed by atoms with van der Waals surface area (Å²) >= 11 is 0. The molecule has 0 bridgehead atoms. The van der Waals surface area contributed by atoms with Crippen LogP contribution in [0.5, 0.6) is 5.75 Å². The molecule has 1 aromatic rings. The highest BCUT2D eigenvalue weighted by atomic mass is 16.5. The summed E-state index contributed by atoms with van der Waals surface area (Å²) in [4.78, 5) is 35.7. The summed E-state index contributed by atoms with van der Waals surface area (Å²) < 4.78 is 9.64. The lowest BCUT2D eigenvalue weighted by Gasteiger charge is -2.05. The molecule has 0 saturated heterocycles. The lowest BCUT2D eigenvalue weighted by molar-refractivity contribution is 0.102. The van der Waals surface area contributed by atoms with Crippen LogP contribution < -0.4 is 10.9 Å². The molecule has 1 aromatic heterocycles. The fourth-order valence-electron chi connectivity index (χ4n) is 2.60. The van der Waals surface area contributed by atoms with Crippen LogP contribution in [0.3, 0.4) is 0 Å². The van der Waals surface area contributed by atoms with Crippen molar-refractivity contribution in [2.75, 3.05) is 7.11 Å². The van der Waals surface area contributed by atoms with E-state index in [-0.39, 0.29) is 11.3 Å². The molecule has 0 radical (unpaired) electrons. The van der Waals surface area contributed by atoms with E-state index in [1.165, 1.54) is 19.4 Å². The highest BCUT2D eigenvalue weighted by molar-refractivity contribution is 6.09. The fourth-order valence-corrected chi connectivity index (χ4v) is 2.60. The first kappa shape index (κ1) is 24.9. The Hall–Kier alpha value is -3.09. The highest BCUT2D eigenvalue weighted by Gasteiger charge is 2.20. The predicted molar refractivity (Wildman–Crippen MR) is 116 cm³/mol. The number of methoxy groups -OCH3 is 1. The maximum Gasteiger partial charge on any atom is 0.410 e. The van der Waals surface area contributed by atoms with E-state index in [9.17, 15) is 19.5 Å². The van der Waals surface area contributed by atoms with Gasteiger partial charge in [0.2, 0.25) is 0 Å². The number of carbonyl (C=O) groups excluding carboxylic acids is 2. The molecule has 7 nitrogen and oxygen atoms in total. The molecule has 1 rings (SSSR count). The van der Waals surface area contributed by atoms with Crippen molar-refractivity contribution in [1.82, 2.24) is 5.32 Å². The minimum absolute atomic E-state index is 0.292. The molecular weight excluding hydrogens is 386 g/mol. The number of alkyl carbamates (subject to hydrolysis) is 1. The number of allylic oxidation sites excluding steroid dienone is 5. The number of nitrogens with one attached hydrogen (secondary N) is 1. The lowest BCUT2D eigenvalue weighted by atomic mass is 10.0. The van der Waals surface area contributed by atoms with Crippen molar-refractivity contribution in [3.8, 4) is 5.75 Å². The molecule has 0 spiro atoms. The zero-order valence-electron chi connectivity index (χ0n) is 18.1. The number of rotatable bonds is 11. The van der Waals surface area contributed by atoms with Crippen LogP contribution in [-0.2, 0) is 11.2 Å². The predicted octanol–water partition coefficient (Wildman–Crippen LogP) is 4.80. The number of aryl methyl sites for hydroxylation is 1. The Morgan fingerprint density at radius 1 is 1.23 bits per heavy atom. The van der Waals surface area contributed by atoms with Gasteiger partial charge in [-0.3, -0.25) is 10.1 Å². The van der Waals surface area contributed by atoms with Crippen LogP contribution in [0.4, 0.5) is 4.79 Å². The Morgan fingerprint density at radius 2 is 1.97 bits per heavy atom. The van der Waals surface area contributed by atoms with Crippen molar-refractivity contribution < 1.29 is 23.8 Å². The summed E-state index contributed by atoms with van der Waals surface area (Å²) in [6, 6.07) is 1.31. The number of amides is 1. The van der Waals surface area contributed by atoms with Gasteiger partial charge in [-0.25, -0.2) is 9.59 Å². The normalized spacial score (nSPS) is 12.3. The van der Waals surface area contributed by atoms with Crippen LogP contribution in [0, 0.1) is 0 Å². The van der Waals surface area contributed by atoms with E-state index in [4.69, 9.17) is 4.42 Å². The summed E-state index contributed by atoms with van der Waals surface area (Å²) in [5.41, 5.74) is 0.294. The summed E-state index contributed by atoms with van der Waals surface area (Å²) in [6.07, 6.45) is 10.9. The van der Waals surface area contributed by atoms with Gasteiger partial charge in [0.05, 0.1) is 7.11 Å². The number of aromatic hydroxyl groups is 1. The van der Waals surface area contributed by atoms with Crippen LogP contribution in [0.25, 0.3) is 0 Å². The SMILES string of the molecule is CCCC/C(C)=C\C=C(/C)C(=O)c1c(O)cc(CCC/C=C/NC(=O)OC)oc1=O. The van der Waals surface area contributed by atoms with Gasteiger partial charge in [0, 0.05) is 18.7 Å².